The van der Waals surface area contributed by atoms with Crippen LogP contribution in [0.1, 0.15) is 38.7 Å². The fraction of sp³-hybridized carbons (Fsp3) is 0.100. The zero-order valence-electron chi connectivity index (χ0n) is 25.3. The summed E-state index contributed by atoms with van der Waals surface area (Å²) in [5, 5.41) is 13.3. The number of benzene rings is 5. The Bertz CT molecular complexity index is 2230. The predicted molar refractivity (Wildman–Crippen MR) is 182 cm³/mol. The summed E-state index contributed by atoms with van der Waals surface area (Å²) < 4.78 is 7.39. The van der Waals surface area contributed by atoms with Crippen LogP contribution in [0.4, 0.5) is 0 Å². The van der Waals surface area contributed by atoms with Crippen molar-refractivity contribution < 1.29 is 14.6 Å². The number of hydrogen-bond donors (Lipinski definition) is 2. The molecule has 0 aliphatic heterocycles. The van der Waals surface area contributed by atoms with Gasteiger partial charge in [-0.3, -0.25) is 4.79 Å². The normalized spacial score (nSPS) is 11.9. The van der Waals surface area contributed by atoms with E-state index in [1.807, 2.05) is 121 Å². The summed E-state index contributed by atoms with van der Waals surface area (Å²) in [7, 11) is 1.73. The van der Waals surface area contributed by atoms with Gasteiger partial charge in [0.25, 0.3) is 5.56 Å². The Labute approximate surface area is 266 Å². The van der Waals surface area contributed by atoms with Gasteiger partial charge in [0, 0.05) is 35.5 Å². The van der Waals surface area contributed by atoms with Crippen LogP contribution in [-0.2, 0) is 18.2 Å². The second-order valence-electron chi connectivity index (χ2n) is 11.4. The number of fused-ring (bicyclic) bond motifs is 2. The summed E-state index contributed by atoms with van der Waals surface area (Å²) in [6.07, 6.45) is 0.408. The molecule has 0 aliphatic rings. The Morgan fingerprint density at radius 2 is 1.37 bits per heavy atom. The van der Waals surface area contributed by atoms with Crippen molar-refractivity contribution in [3.63, 3.8) is 0 Å². The first kappa shape index (κ1) is 28.9. The van der Waals surface area contributed by atoms with Gasteiger partial charge in [0.05, 0.1) is 29.2 Å². The third kappa shape index (κ3) is 5.24. The quantitative estimate of drug-likeness (QED) is 0.172. The number of esters is 1. The van der Waals surface area contributed by atoms with Gasteiger partial charge >= 0.3 is 5.97 Å². The summed E-state index contributed by atoms with van der Waals surface area (Å²) in [4.78, 5) is 30.7. The number of H-pyrrole nitrogens is 1. The van der Waals surface area contributed by atoms with Gasteiger partial charge < -0.3 is 19.4 Å². The first-order valence-corrected chi connectivity index (χ1v) is 15.3. The van der Waals surface area contributed by atoms with Crippen LogP contribution in [0.2, 0.25) is 0 Å². The molecule has 6 nitrogen and oxygen atoms in total. The van der Waals surface area contributed by atoms with Crippen LogP contribution in [0.15, 0.2) is 138 Å². The number of nitrogens with zero attached hydrogens (tertiary/aromatic N) is 1. The standard InChI is InChI=1S/C40H32N2O4/c1-42-34-19-11-9-17-32(34)38(43)36(39(42)44)35(28-14-6-3-7-15-28)37-31(30-16-8-10-18-33(30)41-37)24-25-46-40(45)29-22-20-27(21-23-29)26-12-4-2-5-13-26/h2-23,35,41,43H,24-25H2,1H3. The summed E-state index contributed by atoms with van der Waals surface area (Å²) in [5.74, 6) is -1.04. The zero-order valence-corrected chi connectivity index (χ0v) is 25.3. The van der Waals surface area contributed by atoms with E-state index >= 15 is 0 Å². The van der Waals surface area contributed by atoms with Gasteiger partial charge in [0.15, 0.2) is 0 Å². The molecule has 226 valence electrons. The number of rotatable bonds is 8. The van der Waals surface area contributed by atoms with Crippen molar-refractivity contribution in [1.29, 1.82) is 0 Å². The van der Waals surface area contributed by atoms with Crippen molar-refractivity contribution in [2.75, 3.05) is 6.61 Å². The summed E-state index contributed by atoms with van der Waals surface area (Å²) >= 11 is 0. The van der Waals surface area contributed by atoms with E-state index in [-0.39, 0.29) is 23.5 Å². The van der Waals surface area contributed by atoms with E-state index in [0.717, 1.165) is 38.9 Å². The number of hydrogen-bond acceptors (Lipinski definition) is 4. The zero-order chi connectivity index (χ0) is 31.6. The number of aromatic hydroxyl groups is 1. The molecular formula is C40H32N2O4. The van der Waals surface area contributed by atoms with Gasteiger partial charge in [-0.1, -0.05) is 103 Å². The number of para-hydroxylation sites is 2. The number of aromatic amines is 1. The maximum absolute atomic E-state index is 14.0. The average molecular weight is 605 g/mol. The molecule has 1 unspecified atom stereocenters. The molecule has 0 amide bonds. The summed E-state index contributed by atoms with van der Waals surface area (Å²) in [5.41, 5.74) is 6.69. The molecule has 0 radical (unpaired) electrons. The van der Waals surface area contributed by atoms with Crippen LogP contribution in [-0.4, -0.2) is 27.2 Å². The molecule has 2 heterocycles. The molecule has 0 bridgehead atoms. The molecule has 2 N–H and O–H groups in total. The first-order chi connectivity index (χ1) is 22.5. The molecule has 6 heteroatoms. The second-order valence-corrected chi connectivity index (χ2v) is 11.4. The molecule has 0 spiro atoms. The third-order valence-electron chi connectivity index (χ3n) is 8.68. The van der Waals surface area contributed by atoms with E-state index in [0.29, 0.717) is 22.9 Å². The first-order valence-electron chi connectivity index (χ1n) is 15.3. The minimum absolute atomic E-state index is 0.0393. The Balaban J connectivity index is 1.26. The highest BCUT2D eigenvalue weighted by atomic mass is 16.5. The Morgan fingerprint density at radius 3 is 2.11 bits per heavy atom. The van der Waals surface area contributed by atoms with Gasteiger partial charge in [-0.25, -0.2) is 4.79 Å². The number of ether oxygens (including phenoxy) is 1. The third-order valence-corrected chi connectivity index (χ3v) is 8.68. The number of carbonyl (C=O) groups excluding carboxylic acids is 1. The Morgan fingerprint density at radius 1 is 0.761 bits per heavy atom. The van der Waals surface area contributed by atoms with Crippen molar-refractivity contribution in [2.45, 2.75) is 12.3 Å². The minimum Gasteiger partial charge on any atom is -0.507 e. The Hall–Kier alpha value is -5.88. The molecule has 1 atom stereocenters. The largest absolute Gasteiger partial charge is 0.507 e. The molecule has 46 heavy (non-hydrogen) atoms. The number of aryl methyl sites for hydroxylation is 1. The lowest BCUT2D eigenvalue weighted by atomic mass is 9.85. The number of pyridine rings is 1. The molecule has 7 rings (SSSR count). The molecule has 5 aromatic carbocycles. The Kier molecular flexibility index (Phi) is 7.69. The molecular weight excluding hydrogens is 572 g/mol. The van der Waals surface area contributed by atoms with Crippen LogP contribution >= 0.6 is 0 Å². The van der Waals surface area contributed by atoms with Crippen LogP contribution in [0.5, 0.6) is 5.75 Å². The molecule has 0 saturated heterocycles. The predicted octanol–water partition coefficient (Wildman–Crippen LogP) is 7.97. The highest BCUT2D eigenvalue weighted by Gasteiger charge is 2.30. The monoisotopic (exact) mass is 604 g/mol. The average Bonchev–Trinajstić information content (AvgIpc) is 3.47. The van der Waals surface area contributed by atoms with Crippen molar-refractivity contribution in [2.24, 2.45) is 7.05 Å². The van der Waals surface area contributed by atoms with E-state index in [9.17, 15) is 14.7 Å². The van der Waals surface area contributed by atoms with Crippen molar-refractivity contribution in [3.05, 3.63) is 172 Å². The second kappa shape index (κ2) is 12.3. The SMILES string of the molecule is Cn1c(=O)c(C(c2ccccc2)c2[nH]c3ccccc3c2CCOC(=O)c2ccc(-c3ccccc3)cc2)c(O)c2ccccc21. The summed E-state index contributed by atoms with van der Waals surface area (Å²) in [6, 6.07) is 42.4. The highest BCUT2D eigenvalue weighted by Crippen LogP contribution is 2.41. The molecule has 0 aliphatic carbocycles. The lowest BCUT2D eigenvalue weighted by Gasteiger charge is -2.22. The van der Waals surface area contributed by atoms with Gasteiger partial charge in [-0.2, -0.15) is 0 Å². The molecule has 0 saturated carbocycles. The molecule has 7 aromatic rings. The summed E-state index contributed by atoms with van der Waals surface area (Å²) in [6.45, 7) is 0.136. The van der Waals surface area contributed by atoms with Gasteiger partial charge in [0.1, 0.15) is 5.75 Å². The lowest BCUT2D eigenvalue weighted by molar-refractivity contribution is 0.0509. The number of aromatic nitrogens is 2. The number of carbonyl (C=O) groups is 1. The van der Waals surface area contributed by atoms with E-state index in [2.05, 4.69) is 4.98 Å². The minimum atomic E-state index is -0.604. The molecule has 0 fully saturated rings. The van der Waals surface area contributed by atoms with Crippen LogP contribution in [0.25, 0.3) is 32.9 Å². The lowest BCUT2D eigenvalue weighted by Crippen LogP contribution is -2.25. The van der Waals surface area contributed by atoms with Crippen molar-refractivity contribution in [3.8, 4) is 16.9 Å². The van der Waals surface area contributed by atoms with Crippen molar-refractivity contribution in [1.82, 2.24) is 9.55 Å². The van der Waals surface area contributed by atoms with Crippen LogP contribution in [0, 0.1) is 0 Å². The maximum atomic E-state index is 14.0. The topological polar surface area (TPSA) is 84.3 Å². The van der Waals surface area contributed by atoms with E-state index in [1.165, 1.54) is 0 Å². The van der Waals surface area contributed by atoms with Gasteiger partial charge in [-0.05, 0) is 52.6 Å². The van der Waals surface area contributed by atoms with E-state index < -0.39 is 11.9 Å². The van der Waals surface area contributed by atoms with Gasteiger partial charge in [-0.15, -0.1) is 0 Å². The van der Waals surface area contributed by atoms with Crippen LogP contribution in [0.3, 0.4) is 0 Å². The van der Waals surface area contributed by atoms with Crippen LogP contribution < -0.4 is 5.56 Å². The highest BCUT2D eigenvalue weighted by molar-refractivity contribution is 5.91. The fourth-order valence-corrected chi connectivity index (χ4v) is 6.38. The fourth-order valence-electron chi connectivity index (χ4n) is 6.38. The number of nitrogens with one attached hydrogen (secondary N) is 1. The van der Waals surface area contributed by atoms with Gasteiger partial charge in [0.2, 0.25) is 0 Å². The van der Waals surface area contributed by atoms with E-state index in [1.54, 1.807) is 23.7 Å². The van der Waals surface area contributed by atoms with Crippen molar-refractivity contribution >= 4 is 27.8 Å². The van der Waals surface area contributed by atoms with E-state index in [4.69, 9.17) is 4.74 Å². The maximum Gasteiger partial charge on any atom is 0.338 e. The molecule has 2 aromatic heterocycles. The smallest absolute Gasteiger partial charge is 0.338 e.